The lowest BCUT2D eigenvalue weighted by Gasteiger charge is -2.38. The van der Waals surface area contributed by atoms with E-state index in [1.54, 1.807) is 6.07 Å². The molecular weight excluding hydrogens is 216 g/mol. The molecule has 1 aliphatic heterocycles. The fourth-order valence-electron chi connectivity index (χ4n) is 1.88. The average molecular weight is 234 g/mol. The van der Waals surface area contributed by atoms with Gasteiger partial charge < -0.3 is 15.8 Å². The van der Waals surface area contributed by atoms with Gasteiger partial charge in [-0.2, -0.15) is 0 Å². The Morgan fingerprint density at radius 2 is 2.24 bits per heavy atom. The first-order valence-corrected chi connectivity index (χ1v) is 5.72. The van der Waals surface area contributed by atoms with Crippen LogP contribution in [-0.4, -0.2) is 25.7 Å². The Kier molecular flexibility index (Phi) is 3.07. The van der Waals surface area contributed by atoms with Gasteiger partial charge in [0.1, 0.15) is 0 Å². The quantitative estimate of drug-likeness (QED) is 0.830. The largest absolute Gasteiger partial charge is 0.384 e. The molecule has 0 bridgehead atoms. The number of benzene rings is 1. The van der Waals surface area contributed by atoms with E-state index in [0.29, 0.717) is 5.56 Å². The predicted octanol–water partition coefficient (Wildman–Crippen LogP) is 1.54. The van der Waals surface area contributed by atoms with Crippen molar-refractivity contribution in [3.05, 3.63) is 29.3 Å². The molecule has 17 heavy (non-hydrogen) atoms. The van der Waals surface area contributed by atoms with Gasteiger partial charge >= 0.3 is 0 Å². The van der Waals surface area contributed by atoms with Gasteiger partial charge in [-0.1, -0.05) is 6.92 Å². The van der Waals surface area contributed by atoms with E-state index in [0.717, 1.165) is 31.0 Å². The van der Waals surface area contributed by atoms with Crippen LogP contribution < -0.4 is 11.1 Å². The van der Waals surface area contributed by atoms with E-state index >= 15 is 0 Å². The molecule has 0 radical (unpaired) electrons. The minimum atomic E-state index is -0.390. The monoisotopic (exact) mass is 234 g/mol. The molecule has 4 nitrogen and oxygen atoms in total. The van der Waals surface area contributed by atoms with Gasteiger partial charge in [0.2, 0.25) is 5.91 Å². The number of nitrogens with one attached hydrogen (secondary N) is 1. The van der Waals surface area contributed by atoms with Crippen LogP contribution in [0.5, 0.6) is 0 Å². The first kappa shape index (κ1) is 11.9. The molecule has 3 N–H and O–H groups in total. The molecule has 1 fully saturated rings. The van der Waals surface area contributed by atoms with Crippen molar-refractivity contribution in [1.82, 2.24) is 0 Å². The van der Waals surface area contributed by atoms with Crippen molar-refractivity contribution >= 4 is 11.6 Å². The lowest BCUT2D eigenvalue weighted by Crippen LogP contribution is -2.45. The maximum atomic E-state index is 11.0. The summed E-state index contributed by atoms with van der Waals surface area (Å²) in [5, 5.41) is 3.39. The van der Waals surface area contributed by atoms with Crippen molar-refractivity contribution in [2.75, 3.05) is 25.1 Å². The highest BCUT2D eigenvalue weighted by Gasteiger charge is 2.32. The summed E-state index contributed by atoms with van der Waals surface area (Å²) in [5.74, 6) is -0.390. The van der Waals surface area contributed by atoms with E-state index < -0.39 is 0 Å². The molecule has 0 aromatic heterocycles. The van der Waals surface area contributed by atoms with Gasteiger partial charge in [-0.25, -0.2) is 0 Å². The number of carbonyl (C=O) groups is 1. The molecule has 0 spiro atoms. The molecule has 4 heteroatoms. The van der Waals surface area contributed by atoms with Crippen molar-refractivity contribution in [1.29, 1.82) is 0 Å². The molecule has 0 aliphatic carbocycles. The third-order valence-corrected chi connectivity index (χ3v) is 3.12. The number of hydrogen-bond donors (Lipinski definition) is 2. The van der Waals surface area contributed by atoms with Gasteiger partial charge in [0.15, 0.2) is 0 Å². The lowest BCUT2D eigenvalue weighted by molar-refractivity contribution is -0.0924. The fraction of sp³-hybridized carbons (Fsp3) is 0.462. The number of ether oxygens (including phenoxy) is 1. The van der Waals surface area contributed by atoms with E-state index in [4.69, 9.17) is 10.5 Å². The Labute approximate surface area is 101 Å². The van der Waals surface area contributed by atoms with Crippen LogP contribution >= 0.6 is 0 Å². The summed E-state index contributed by atoms with van der Waals surface area (Å²) in [6, 6.07) is 5.46. The highest BCUT2D eigenvalue weighted by Crippen LogP contribution is 2.27. The Morgan fingerprint density at radius 1 is 1.53 bits per heavy atom. The summed E-state index contributed by atoms with van der Waals surface area (Å²) in [6.45, 7) is 6.64. The standard InChI is InChI=1S/C13H18N2O2/c1-9-5-10(12(14)16)3-4-11(9)15-6-13(2)7-17-8-13/h3-5,15H,6-8H2,1-2H3,(H2,14,16). The summed E-state index contributed by atoms with van der Waals surface area (Å²) in [4.78, 5) is 11.0. The van der Waals surface area contributed by atoms with E-state index in [1.807, 2.05) is 19.1 Å². The molecule has 92 valence electrons. The first-order chi connectivity index (χ1) is 8.00. The molecule has 2 rings (SSSR count). The van der Waals surface area contributed by atoms with Crippen molar-refractivity contribution < 1.29 is 9.53 Å². The highest BCUT2D eigenvalue weighted by molar-refractivity contribution is 5.93. The Morgan fingerprint density at radius 3 is 2.71 bits per heavy atom. The number of carbonyl (C=O) groups excluding carboxylic acids is 1. The highest BCUT2D eigenvalue weighted by atomic mass is 16.5. The number of hydrogen-bond acceptors (Lipinski definition) is 3. The zero-order chi connectivity index (χ0) is 12.5. The van der Waals surface area contributed by atoms with Crippen LogP contribution in [0.1, 0.15) is 22.8 Å². The third kappa shape index (κ3) is 2.58. The van der Waals surface area contributed by atoms with Crippen molar-refractivity contribution in [2.24, 2.45) is 11.1 Å². The van der Waals surface area contributed by atoms with Crippen molar-refractivity contribution in [3.63, 3.8) is 0 Å². The molecule has 1 aromatic carbocycles. The maximum absolute atomic E-state index is 11.0. The van der Waals surface area contributed by atoms with Crippen LogP contribution in [0, 0.1) is 12.3 Å². The number of aryl methyl sites for hydroxylation is 1. The normalized spacial score (nSPS) is 17.3. The molecular formula is C13H18N2O2. The SMILES string of the molecule is Cc1cc(C(N)=O)ccc1NCC1(C)COC1. The Hall–Kier alpha value is -1.55. The number of rotatable bonds is 4. The topological polar surface area (TPSA) is 64.4 Å². The van der Waals surface area contributed by atoms with Crippen molar-refractivity contribution in [2.45, 2.75) is 13.8 Å². The summed E-state index contributed by atoms with van der Waals surface area (Å²) in [7, 11) is 0. The van der Waals surface area contributed by atoms with Crippen molar-refractivity contribution in [3.8, 4) is 0 Å². The molecule has 0 atom stereocenters. The second-order valence-electron chi connectivity index (χ2n) is 5.05. The second-order valence-corrected chi connectivity index (χ2v) is 5.05. The van der Waals surface area contributed by atoms with Gasteiger partial charge in [-0.05, 0) is 30.7 Å². The minimum Gasteiger partial charge on any atom is -0.384 e. The van der Waals surface area contributed by atoms with Crippen LogP contribution in [0.4, 0.5) is 5.69 Å². The van der Waals surface area contributed by atoms with Gasteiger partial charge in [-0.15, -0.1) is 0 Å². The van der Waals surface area contributed by atoms with Crippen LogP contribution in [0.2, 0.25) is 0 Å². The molecule has 1 saturated heterocycles. The fourth-order valence-corrected chi connectivity index (χ4v) is 1.88. The van der Waals surface area contributed by atoms with Gasteiger partial charge in [0.25, 0.3) is 0 Å². The Bertz CT molecular complexity index is 439. The molecule has 0 saturated carbocycles. The van der Waals surface area contributed by atoms with Gasteiger partial charge in [0, 0.05) is 23.2 Å². The smallest absolute Gasteiger partial charge is 0.248 e. The number of anilines is 1. The van der Waals surface area contributed by atoms with Gasteiger partial charge in [0.05, 0.1) is 13.2 Å². The number of nitrogens with two attached hydrogens (primary N) is 1. The summed E-state index contributed by atoms with van der Waals surface area (Å²) in [6.07, 6.45) is 0. The average Bonchev–Trinajstić information content (AvgIpc) is 2.24. The van der Waals surface area contributed by atoms with Crippen LogP contribution in [0.25, 0.3) is 0 Å². The minimum absolute atomic E-state index is 0.231. The van der Waals surface area contributed by atoms with E-state index in [9.17, 15) is 4.79 Å². The number of primary amides is 1. The molecule has 1 amide bonds. The van der Waals surface area contributed by atoms with E-state index in [1.165, 1.54) is 0 Å². The first-order valence-electron chi connectivity index (χ1n) is 5.72. The molecule has 1 aromatic rings. The predicted molar refractivity (Wildman–Crippen MR) is 67.1 cm³/mol. The Balaban J connectivity index is 2.03. The zero-order valence-electron chi connectivity index (χ0n) is 10.2. The third-order valence-electron chi connectivity index (χ3n) is 3.12. The summed E-state index contributed by atoms with van der Waals surface area (Å²) < 4.78 is 5.21. The summed E-state index contributed by atoms with van der Waals surface area (Å²) >= 11 is 0. The van der Waals surface area contributed by atoms with Gasteiger partial charge in [-0.3, -0.25) is 4.79 Å². The second kappa shape index (κ2) is 4.37. The molecule has 0 unspecified atom stereocenters. The summed E-state index contributed by atoms with van der Waals surface area (Å²) in [5.41, 5.74) is 8.09. The van der Waals surface area contributed by atoms with Crippen LogP contribution in [-0.2, 0) is 4.74 Å². The van der Waals surface area contributed by atoms with E-state index in [-0.39, 0.29) is 11.3 Å². The number of amides is 1. The van der Waals surface area contributed by atoms with Crippen LogP contribution in [0.3, 0.4) is 0 Å². The maximum Gasteiger partial charge on any atom is 0.248 e. The van der Waals surface area contributed by atoms with E-state index in [2.05, 4.69) is 12.2 Å². The zero-order valence-corrected chi connectivity index (χ0v) is 10.2. The van der Waals surface area contributed by atoms with Crippen LogP contribution in [0.15, 0.2) is 18.2 Å². The molecule has 1 heterocycles. The molecule has 1 aliphatic rings. The lowest BCUT2D eigenvalue weighted by atomic mass is 9.88.